The Morgan fingerprint density at radius 1 is 0.609 bits per heavy atom. The topological polar surface area (TPSA) is 18.5 Å². The molecule has 0 aliphatic carbocycles. The molecule has 0 N–H and O–H groups in total. The minimum absolute atomic E-state index is 0.645. The summed E-state index contributed by atoms with van der Waals surface area (Å²) in [6.45, 7) is 13.9. The first-order valence-corrected chi connectivity index (χ1v) is 10.2. The Balaban J connectivity index is 2.72. The lowest BCUT2D eigenvalue weighted by Crippen LogP contribution is -2.63. The SMILES string of the molecule is CCO[Si](OCC)(c1cc(C)cc(C)c1)c1cc(C)cc(C)c1. The van der Waals surface area contributed by atoms with Gasteiger partial charge in [0, 0.05) is 13.2 Å². The van der Waals surface area contributed by atoms with E-state index in [2.05, 4.69) is 64.1 Å². The molecule has 0 spiro atoms. The average Bonchev–Trinajstić information content (AvgIpc) is 2.44. The molecule has 0 fully saturated rings. The lowest BCUT2D eigenvalue weighted by atomic mass is 10.2. The molecule has 0 aliphatic heterocycles. The van der Waals surface area contributed by atoms with Crippen LogP contribution in [0.5, 0.6) is 0 Å². The molecule has 0 radical (unpaired) electrons. The van der Waals surface area contributed by atoms with Crippen LogP contribution in [0.4, 0.5) is 0 Å². The summed E-state index contributed by atoms with van der Waals surface area (Å²) in [4.78, 5) is 0. The first kappa shape index (κ1) is 17.9. The van der Waals surface area contributed by atoms with Crippen molar-refractivity contribution in [2.24, 2.45) is 0 Å². The van der Waals surface area contributed by atoms with Crippen molar-refractivity contribution in [3.63, 3.8) is 0 Å². The summed E-state index contributed by atoms with van der Waals surface area (Å²) in [5, 5.41) is 2.40. The van der Waals surface area contributed by atoms with Crippen molar-refractivity contribution in [1.82, 2.24) is 0 Å². The molecule has 2 aromatic rings. The van der Waals surface area contributed by atoms with Crippen molar-refractivity contribution in [3.8, 4) is 0 Å². The predicted molar refractivity (Wildman–Crippen MR) is 100 cm³/mol. The Kier molecular flexibility index (Phi) is 5.79. The van der Waals surface area contributed by atoms with Crippen LogP contribution < -0.4 is 10.4 Å². The third-order valence-corrected chi connectivity index (χ3v) is 7.39. The van der Waals surface area contributed by atoms with Gasteiger partial charge in [-0.3, -0.25) is 0 Å². The van der Waals surface area contributed by atoms with E-state index in [4.69, 9.17) is 8.85 Å². The largest absolute Gasteiger partial charge is 0.407 e. The van der Waals surface area contributed by atoms with E-state index in [0.717, 1.165) is 0 Å². The van der Waals surface area contributed by atoms with Crippen molar-refractivity contribution in [2.75, 3.05) is 13.2 Å². The summed E-state index contributed by atoms with van der Waals surface area (Å²) in [7, 11) is -2.67. The van der Waals surface area contributed by atoms with Crippen molar-refractivity contribution >= 4 is 18.9 Å². The standard InChI is InChI=1S/C20H28O2Si/c1-7-21-23(22-8-2,19-11-15(3)9-16(4)12-19)20-13-17(5)10-18(6)14-20/h9-14H,7-8H2,1-6H3. The first-order chi connectivity index (χ1) is 10.9. The summed E-state index contributed by atoms with van der Waals surface area (Å²) < 4.78 is 12.8. The summed E-state index contributed by atoms with van der Waals surface area (Å²) in [6.07, 6.45) is 0. The van der Waals surface area contributed by atoms with E-state index in [-0.39, 0.29) is 0 Å². The van der Waals surface area contributed by atoms with Gasteiger partial charge in [-0.15, -0.1) is 0 Å². The Morgan fingerprint density at radius 2 is 0.913 bits per heavy atom. The molecule has 0 heterocycles. The van der Waals surface area contributed by atoms with Gasteiger partial charge in [0.25, 0.3) is 0 Å². The highest BCUT2D eigenvalue weighted by Gasteiger charge is 2.42. The molecule has 0 saturated heterocycles. The normalized spacial score (nSPS) is 11.7. The van der Waals surface area contributed by atoms with Crippen LogP contribution in [0, 0.1) is 27.7 Å². The van der Waals surface area contributed by atoms with Crippen LogP contribution in [-0.2, 0) is 8.85 Å². The third-order valence-electron chi connectivity index (χ3n) is 3.90. The first-order valence-electron chi connectivity index (χ1n) is 8.36. The molecule has 0 atom stereocenters. The minimum Gasteiger partial charge on any atom is -0.388 e. The number of benzene rings is 2. The molecule has 2 nitrogen and oxygen atoms in total. The number of rotatable bonds is 6. The summed E-state index contributed by atoms with van der Waals surface area (Å²) in [5.41, 5.74) is 5.00. The van der Waals surface area contributed by atoms with E-state index < -0.39 is 8.56 Å². The molecule has 2 aromatic carbocycles. The van der Waals surface area contributed by atoms with E-state index in [1.54, 1.807) is 0 Å². The van der Waals surface area contributed by atoms with Gasteiger partial charge in [0.15, 0.2) is 0 Å². The van der Waals surface area contributed by atoms with E-state index >= 15 is 0 Å². The lowest BCUT2D eigenvalue weighted by Gasteiger charge is -2.31. The molecule has 2 rings (SSSR count). The van der Waals surface area contributed by atoms with Crippen LogP contribution in [0.2, 0.25) is 0 Å². The summed E-state index contributed by atoms with van der Waals surface area (Å²) >= 11 is 0. The molecule has 0 aliphatic rings. The van der Waals surface area contributed by atoms with Gasteiger partial charge in [-0.1, -0.05) is 58.7 Å². The molecule has 0 bridgehead atoms. The fourth-order valence-corrected chi connectivity index (χ4v) is 6.84. The van der Waals surface area contributed by atoms with Crippen LogP contribution in [0.25, 0.3) is 0 Å². The van der Waals surface area contributed by atoms with E-state index in [1.165, 1.54) is 32.6 Å². The molecule has 0 amide bonds. The fourth-order valence-electron chi connectivity index (χ4n) is 3.28. The molecule has 124 valence electrons. The van der Waals surface area contributed by atoms with Crippen LogP contribution in [0.3, 0.4) is 0 Å². The van der Waals surface area contributed by atoms with Crippen molar-refractivity contribution in [1.29, 1.82) is 0 Å². The third kappa shape index (κ3) is 3.92. The summed E-state index contributed by atoms with van der Waals surface area (Å²) in [6, 6.07) is 13.3. The Morgan fingerprint density at radius 3 is 1.17 bits per heavy atom. The maximum absolute atomic E-state index is 6.38. The average molecular weight is 329 g/mol. The van der Waals surface area contributed by atoms with E-state index in [0.29, 0.717) is 13.2 Å². The minimum atomic E-state index is -2.67. The monoisotopic (exact) mass is 328 g/mol. The highest BCUT2D eigenvalue weighted by atomic mass is 28.4. The molecule has 23 heavy (non-hydrogen) atoms. The van der Waals surface area contributed by atoms with Gasteiger partial charge >= 0.3 is 8.56 Å². The zero-order valence-electron chi connectivity index (χ0n) is 15.2. The smallest absolute Gasteiger partial charge is 0.388 e. The molecular formula is C20H28O2Si. The summed E-state index contributed by atoms with van der Waals surface area (Å²) in [5.74, 6) is 0. The molecule has 3 heteroatoms. The van der Waals surface area contributed by atoms with Crippen LogP contribution in [-0.4, -0.2) is 21.8 Å². The molecule has 0 saturated carbocycles. The van der Waals surface area contributed by atoms with Crippen molar-refractivity contribution in [2.45, 2.75) is 41.5 Å². The second-order valence-corrected chi connectivity index (χ2v) is 9.20. The number of aryl methyl sites for hydroxylation is 4. The second kappa shape index (κ2) is 7.43. The molecule has 0 aromatic heterocycles. The van der Waals surface area contributed by atoms with Gasteiger partial charge in [-0.2, -0.15) is 0 Å². The number of hydrogen-bond donors (Lipinski definition) is 0. The van der Waals surface area contributed by atoms with E-state index in [9.17, 15) is 0 Å². The fraction of sp³-hybridized carbons (Fsp3) is 0.400. The number of hydrogen-bond acceptors (Lipinski definition) is 2. The van der Waals surface area contributed by atoms with Gasteiger partial charge in [0.1, 0.15) is 0 Å². The zero-order valence-corrected chi connectivity index (χ0v) is 16.2. The lowest BCUT2D eigenvalue weighted by molar-refractivity contribution is 0.208. The van der Waals surface area contributed by atoms with Gasteiger partial charge in [0.2, 0.25) is 0 Å². The maximum Gasteiger partial charge on any atom is 0.407 e. The Bertz CT molecular complexity index is 579. The van der Waals surface area contributed by atoms with Gasteiger partial charge in [-0.05, 0) is 51.9 Å². The quantitative estimate of drug-likeness (QED) is 0.755. The van der Waals surface area contributed by atoms with Crippen LogP contribution >= 0.6 is 0 Å². The predicted octanol–water partition coefficient (Wildman–Crippen LogP) is 3.55. The van der Waals surface area contributed by atoms with Gasteiger partial charge in [-0.25, -0.2) is 0 Å². The maximum atomic E-state index is 6.38. The highest BCUT2D eigenvalue weighted by Crippen LogP contribution is 2.15. The van der Waals surface area contributed by atoms with Crippen molar-refractivity contribution in [3.05, 3.63) is 58.7 Å². The zero-order chi connectivity index (χ0) is 17.0. The van der Waals surface area contributed by atoms with Crippen LogP contribution in [0.15, 0.2) is 36.4 Å². The highest BCUT2D eigenvalue weighted by molar-refractivity contribution is 6.92. The molecule has 0 unspecified atom stereocenters. The van der Waals surface area contributed by atoms with Crippen LogP contribution in [0.1, 0.15) is 36.1 Å². The van der Waals surface area contributed by atoms with Gasteiger partial charge in [0.05, 0.1) is 0 Å². The van der Waals surface area contributed by atoms with Gasteiger partial charge < -0.3 is 8.85 Å². The Hall–Kier alpha value is -1.42. The van der Waals surface area contributed by atoms with E-state index in [1.807, 2.05) is 13.8 Å². The van der Waals surface area contributed by atoms with Crippen molar-refractivity contribution < 1.29 is 8.85 Å². The Labute approximate surface area is 141 Å². The molecular weight excluding hydrogens is 300 g/mol. The second-order valence-electron chi connectivity index (χ2n) is 6.24.